The Balaban J connectivity index is 2.75. The molecule has 0 saturated heterocycles. The normalized spacial score (nSPS) is 10.8. The maximum absolute atomic E-state index is 4.41. The van der Waals surface area contributed by atoms with Crippen LogP contribution in [-0.2, 0) is 6.54 Å². The van der Waals surface area contributed by atoms with Crippen molar-refractivity contribution in [2.75, 3.05) is 0 Å². The van der Waals surface area contributed by atoms with Crippen molar-refractivity contribution >= 4 is 11.2 Å². The fourth-order valence-electron chi connectivity index (χ4n) is 1.27. The maximum Gasteiger partial charge on any atom is 0.160 e. The second-order valence-corrected chi connectivity index (χ2v) is 2.83. The minimum atomic E-state index is 0.924. The van der Waals surface area contributed by atoms with Crippen LogP contribution >= 0.6 is 0 Å². The predicted octanol–water partition coefficient (Wildman–Crippen LogP) is 1.76. The molecule has 3 heteroatoms. The van der Waals surface area contributed by atoms with Gasteiger partial charge in [0.1, 0.15) is 5.52 Å². The van der Waals surface area contributed by atoms with Crippen LogP contribution < -0.4 is 0 Å². The minimum absolute atomic E-state index is 0.924. The van der Waals surface area contributed by atoms with E-state index in [1.165, 1.54) is 0 Å². The zero-order valence-corrected chi connectivity index (χ0v) is 7.28. The molecule has 62 valence electrons. The third-order valence-corrected chi connectivity index (χ3v) is 1.94. The SMILES string of the molecule is CCn1cnc2ccc(C)nc21. The van der Waals surface area contributed by atoms with E-state index in [9.17, 15) is 0 Å². The molecular formula is C9H11N3. The second-order valence-electron chi connectivity index (χ2n) is 2.83. The van der Waals surface area contributed by atoms with Gasteiger partial charge in [-0.05, 0) is 26.0 Å². The van der Waals surface area contributed by atoms with Gasteiger partial charge in [-0.1, -0.05) is 0 Å². The van der Waals surface area contributed by atoms with Crippen LogP contribution in [0, 0.1) is 6.92 Å². The van der Waals surface area contributed by atoms with E-state index >= 15 is 0 Å². The third kappa shape index (κ3) is 0.978. The van der Waals surface area contributed by atoms with E-state index in [0.717, 1.165) is 23.4 Å². The van der Waals surface area contributed by atoms with E-state index in [1.807, 2.05) is 30.0 Å². The van der Waals surface area contributed by atoms with Crippen LogP contribution in [0.25, 0.3) is 11.2 Å². The molecule has 3 nitrogen and oxygen atoms in total. The van der Waals surface area contributed by atoms with Gasteiger partial charge in [-0.3, -0.25) is 0 Å². The Labute approximate surface area is 71.1 Å². The lowest BCUT2D eigenvalue weighted by atomic mass is 10.3. The molecular weight excluding hydrogens is 150 g/mol. The van der Waals surface area contributed by atoms with E-state index in [0.29, 0.717) is 0 Å². The number of rotatable bonds is 1. The maximum atomic E-state index is 4.41. The zero-order valence-electron chi connectivity index (χ0n) is 7.28. The van der Waals surface area contributed by atoms with Crippen LogP contribution in [0.15, 0.2) is 18.5 Å². The summed E-state index contributed by atoms with van der Waals surface area (Å²) in [6.45, 7) is 5.00. The van der Waals surface area contributed by atoms with E-state index in [-0.39, 0.29) is 0 Å². The highest BCUT2D eigenvalue weighted by atomic mass is 15.1. The number of aromatic nitrogens is 3. The van der Waals surface area contributed by atoms with E-state index in [2.05, 4.69) is 16.9 Å². The van der Waals surface area contributed by atoms with Crippen molar-refractivity contribution in [3.63, 3.8) is 0 Å². The van der Waals surface area contributed by atoms with Crippen LogP contribution in [0.5, 0.6) is 0 Å². The summed E-state index contributed by atoms with van der Waals surface area (Å²) in [5.74, 6) is 0. The Bertz CT molecular complexity index is 403. The molecule has 0 aliphatic heterocycles. The van der Waals surface area contributed by atoms with Crippen LogP contribution in [-0.4, -0.2) is 14.5 Å². The first-order valence-electron chi connectivity index (χ1n) is 4.09. The van der Waals surface area contributed by atoms with Gasteiger partial charge in [0.15, 0.2) is 5.65 Å². The quantitative estimate of drug-likeness (QED) is 0.638. The van der Waals surface area contributed by atoms with E-state index < -0.39 is 0 Å². The zero-order chi connectivity index (χ0) is 8.55. The lowest BCUT2D eigenvalue weighted by molar-refractivity contribution is 0.777. The fourth-order valence-corrected chi connectivity index (χ4v) is 1.27. The molecule has 2 rings (SSSR count). The first kappa shape index (κ1) is 7.28. The number of hydrogen-bond donors (Lipinski definition) is 0. The Kier molecular flexibility index (Phi) is 1.57. The molecule has 0 radical (unpaired) electrons. The highest BCUT2D eigenvalue weighted by molar-refractivity contribution is 5.70. The van der Waals surface area contributed by atoms with Crippen molar-refractivity contribution in [2.24, 2.45) is 0 Å². The molecule has 2 heterocycles. The first-order chi connectivity index (χ1) is 5.81. The van der Waals surface area contributed by atoms with Gasteiger partial charge in [-0.25, -0.2) is 9.97 Å². The van der Waals surface area contributed by atoms with Crippen molar-refractivity contribution in [3.05, 3.63) is 24.2 Å². The molecule has 0 aliphatic carbocycles. The van der Waals surface area contributed by atoms with Gasteiger partial charge in [0.05, 0.1) is 6.33 Å². The van der Waals surface area contributed by atoms with Crippen molar-refractivity contribution in [1.29, 1.82) is 0 Å². The Morgan fingerprint density at radius 3 is 3.00 bits per heavy atom. The lowest BCUT2D eigenvalue weighted by Crippen LogP contribution is -1.93. The summed E-state index contributed by atoms with van der Waals surface area (Å²) in [5, 5.41) is 0. The average molecular weight is 161 g/mol. The van der Waals surface area contributed by atoms with E-state index in [4.69, 9.17) is 0 Å². The Hall–Kier alpha value is -1.38. The molecule has 0 spiro atoms. The van der Waals surface area contributed by atoms with Crippen molar-refractivity contribution < 1.29 is 0 Å². The summed E-state index contributed by atoms with van der Waals surface area (Å²) in [4.78, 5) is 8.64. The number of hydrogen-bond acceptors (Lipinski definition) is 2. The van der Waals surface area contributed by atoms with Crippen molar-refractivity contribution in [1.82, 2.24) is 14.5 Å². The largest absolute Gasteiger partial charge is 0.316 e. The highest BCUT2D eigenvalue weighted by Gasteiger charge is 2.00. The van der Waals surface area contributed by atoms with Gasteiger partial charge in [0.2, 0.25) is 0 Å². The van der Waals surface area contributed by atoms with Crippen molar-refractivity contribution in [2.45, 2.75) is 20.4 Å². The molecule has 2 aromatic rings. The number of nitrogens with zero attached hydrogens (tertiary/aromatic N) is 3. The van der Waals surface area contributed by atoms with Crippen molar-refractivity contribution in [3.8, 4) is 0 Å². The number of fused-ring (bicyclic) bond motifs is 1. The number of pyridine rings is 1. The van der Waals surface area contributed by atoms with Gasteiger partial charge >= 0.3 is 0 Å². The molecule has 0 atom stereocenters. The number of imidazole rings is 1. The van der Waals surface area contributed by atoms with Gasteiger partial charge in [0, 0.05) is 12.2 Å². The summed E-state index contributed by atoms with van der Waals surface area (Å²) in [6, 6.07) is 3.99. The molecule has 0 amide bonds. The lowest BCUT2D eigenvalue weighted by Gasteiger charge is -1.97. The van der Waals surface area contributed by atoms with Gasteiger partial charge in [-0.15, -0.1) is 0 Å². The molecule has 2 aromatic heterocycles. The summed E-state index contributed by atoms with van der Waals surface area (Å²) in [6.07, 6.45) is 1.83. The Morgan fingerprint density at radius 1 is 1.42 bits per heavy atom. The van der Waals surface area contributed by atoms with Crippen LogP contribution in [0.4, 0.5) is 0 Å². The highest BCUT2D eigenvalue weighted by Crippen LogP contribution is 2.09. The smallest absolute Gasteiger partial charge is 0.160 e. The first-order valence-corrected chi connectivity index (χ1v) is 4.09. The third-order valence-electron chi connectivity index (χ3n) is 1.94. The van der Waals surface area contributed by atoms with Crippen LogP contribution in [0.1, 0.15) is 12.6 Å². The predicted molar refractivity (Wildman–Crippen MR) is 47.9 cm³/mol. The summed E-state index contributed by atoms with van der Waals surface area (Å²) < 4.78 is 2.04. The summed E-state index contributed by atoms with van der Waals surface area (Å²) in [7, 11) is 0. The Morgan fingerprint density at radius 2 is 2.25 bits per heavy atom. The molecule has 0 aliphatic rings. The average Bonchev–Trinajstić information content (AvgIpc) is 2.46. The summed E-state index contributed by atoms with van der Waals surface area (Å²) >= 11 is 0. The van der Waals surface area contributed by atoms with E-state index in [1.54, 1.807) is 0 Å². The van der Waals surface area contributed by atoms with Crippen LogP contribution in [0.3, 0.4) is 0 Å². The molecule has 0 unspecified atom stereocenters. The topological polar surface area (TPSA) is 30.7 Å². The second kappa shape index (κ2) is 2.59. The van der Waals surface area contributed by atoms with Gasteiger partial charge in [-0.2, -0.15) is 0 Å². The number of aryl methyl sites for hydroxylation is 2. The monoisotopic (exact) mass is 161 g/mol. The molecule has 12 heavy (non-hydrogen) atoms. The van der Waals surface area contributed by atoms with Gasteiger partial charge in [0.25, 0.3) is 0 Å². The van der Waals surface area contributed by atoms with Crippen LogP contribution in [0.2, 0.25) is 0 Å². The van der Waals surface area contributed by atoms with Gasteiger partial charge < -0.3 is 4.57 Å². The summed E-state index contributed by atoms with van der Waals surface area (Å²) in [5.41, 5.74) is 3.00. The molecule has 0 bridgehead atoms. The fraction of sp³-hybridized carbons (Fsp3) is 0.333. The molecule has 0 N–H and O–H groups in total. The molecule has 0 aromatic carbocycles. The molecule has 0 saturated carbocycles. The molecule has 0 fully saturated rings. The minimum Gasteiger partial charge on any atom is -0.316 e. The standard InChI is InChI=1S/C9H11N3/c1-3-12-6-10-8-5-4-7(2)11-9(8)12/h4-6H,3H2,1-2H3.